The molecule has 0 fully saturated rings. The average Bonchev–Trinajstić information content (AvgIpc) is 2.15. The lowest BCUT2D eigenvalue weighted by Crippen LogP contribution is -2.07. The minimum Gasteiger partial charge on any atom is -0.199 e. The Morgan fingerprint density at radius 3 is 2.00 bits per heavy atom. The maximum absolute atomic E-state index is 12.1. The topological polar surface area (TPSA) is 46.5 Å². The average molecular weight is 253 g/mol. The standard InChI is InChI=1S/C13H19NO2S/c1-9(2)12(5)14-17(15,16)13-7-10(3)6-11(4)8-13/h6-9H,1-5H3/b14-12+. The molecular weight excluding hydrogens is 234 g/mol. The fraction of sp³-hybridized carbons (Fsp3) is 0.462. The van der Waals surface area contributed by atoms with Gasteiger partial charge < -0.3 is 0 Å². The first-order valence-electron chi connectivity index (χ1n) is 5.62. The molecule has 4 heteroatoms. The minimum absolute atomic E-state index is 0.135. The predicted octanol–water partition coefficient (Wildman–Crippen LogP) is 3.11. The van der Waals surface area contributed by atoms with Gasteiger partial charge in [-0.2, -0.15) is 12.8 Å². The van der Waals surface area contributed by atoms with Gasteiger partial charge in [0.15, 0.2) is 0 Å². The van der Waals surface area contributed by atoms with Crippen LogP contribution in [0.2, 0.25) is 0 Å². The van der Waals surface area contributed by atoms with Crippen molar-refractivity contribution < 1.29 is 8.42 Å². The summed E-state index contributed by atoms with van der Waals surface area (Å²) in [6.45, 7) is 9.35. The Bertz CT molecular complexity index is 522. The van der Waals surface area contributed by atoms with Crippen molar-refractivity contribution in [3.05, 3.63) is 29.3 Å². The summed E-state index contributed by atoms with van der Waals surface area (Å²) in [7, 11) is -3.56. The Morgan fingerprint density at radius 1 is 1.12 bits per heavy atom. The van der Waals surface area contributed by atoms with E-state index in [-0.39, 0.29) is 10.8 Å². The molecule has 1 aromatic carbocycles. The van der Waals surface area contributed by atoms with Crippen LogP contribution in [-0.2, 0) is 10.0 Å². The molecule has 0 saturated heterocycles. The fourth-order valence-electron chi connectivity index (χ4n) is 1.43. The molecule has 1 aromatic rings. The van der Waals surface area contributed by atoms with Crippen LogP contribution in [0.25, 0.3) is 0 Å². The molecular formula is C13H19NO2S. The SMILES string of the molecule is C/C(=N\S(=O)(=O)c1cc(C)cc(C)c1)C(C)C. The van der Waals surface area contributed by atoms with E-state index in [1.807, 2.05) is 33.8 Å². The molecule has 0 aliphatic rings. The minimum atomic E-state index is -3.56. The van der Waals surface area contributed by atoms with Gasteiger partial charge in [-0.15, -0.1) is 0 Å². The quantitative estimate of drug-likeness (QED) is 0.777. The number of hydrogen-bond acceptors (Lipinski definition) is 2. The summed E-state index contributed by atoms with van der Waals surface area (Å²) in [5.41, 5.74) is 2.49. The van der Waals surface area contributed by atoms with Crippen molar-refractivity contribution in [2.24, 2.45) is 10.3 Å². The van der Waals surface area contributed by atoms with Crippen LogP contribution in [0.15, 0.2) is 27.5 Å². The van der Waals surface area contributed by atoms with Gasteiger partial charge in [-0.1, -0.05) is 19.9 Å². The highest BCUT2D eigenvalue weighted by atomic mass is 32.2. The molecule has 0 radical (unpaired) electrons. The molecule has 94 valence electrons. The van der Waals surface area contributed by atoms with Crippen molar-refractivity contribution in [1.82, 2.24) is 0 Å². The normalized spacial score (nSPS) is 13.2. The number of rotatable bonds is 3. The van der Waals surface area contributed by atoms with Crippen molar-refractivity contribution in [2.45, 2.75) is 39.5 Å². The third kappa shape index (κ3) is 3.66. The van der Waals surface area contributed by atoms with Crippen LogP contribution >= 0.6 is 0 Å². The maximum Gasteiger partial charge on any atom is 0.282 e. The van der Waals surface area contributed by atoms with Gasteiger partial charge >= 0.3 is 0 Å². The molecule has 0 amide bonds. The predicted molar refractivity (Wildman–Crippen MR) is 71.0 cm³/mol. The van der Waals surface area contributed by atoms with Crippen LogP contribution < -0.4 is 0 Å². The summed E-state index contributed by atoms with van der Waals surface area (Å²) in [6.07, 6.45) is 0. The number of aryl methyl sites for hydroxylation is 2. The lowest BCUT2D eigenvalue weighted by Gasteiger charge is -2.06. The molecule has 17 heavy (non-hydrogen) atoms. The summed E-state index contributed by atoms with van der Waals surface area (Å²) < 4.78 is 28.0. The summed E-state index contributed by atoms with van der Waals surface area (Å²) in [5, 5.41) is 0. The molecule has 3 nitrogen and oxygen atoms in total. The molecule has 0 aliphatic carbocycles. The van der Waals surface area contributed by atoms with Crippen molar-refractivity contribution in [2.75, 3.05) is 0 Å². The molecule has 0 saturated carbocycles. The second kappa shape index (κ2) is 5.00. The van der Waals surface area contributed by atoms with Gasteiger partial charge in [-0.25, -0.2) is 0 Å². The number of hydrogen-bond donors (Lipinski definition) is 0. The van der Waals surface area contributed by atoms with Crippen molar-refractivity contribution >= 4 is 15.7 Å². The van der Waals surface area contributed by atoms with E-state index in [1.54, 1.807) is 19.1 Å². The number of benzene rings is 1. The Morgan fingerprint density at radius 2 is 1.59 bits per heavy atom. The molecule has 0 unspecified atom stereocenters. The summed E-state index contributed by atoms with van der Waals surface area (Å²) in [5.74, 6) is 0.135. The maximum atomic E-state index is 12.1. The lowest BCUT2D eigenvalue weighted by atomic mass is 10.1. The molecule has 0 spiro atoms. The first-order chi connectivity index (χ1) is 7.72. The van der Waals surface area contributed by atoms with Gasteiger partial charge in [0.25, 0.3) is 10.0 Å². The van der Waals surface area contributed by atoms with Crippen LogP contribution in [0.3, 0.4) is 0 Å². The van der Waals surface area contributed by atoms with E-state index in [1.165, 1.54) is 0 Å². The van der Waals surface area contributed by atoms with Crippen LogP contribution in [-0.4, -0.2) is 14.1 Å². The Labute approximate surface area is 104 Å². The molecule has 0 aliphatic heterocycles. The molecule has 0 aromatic heterocycles. The largest absolute Gasteiger partial charge is 0.282 e. The van der Waals surface area contributed by atoms with Crippen LogP contribution in [0, 0.1) is 19.8 Å². The Balaban J connectivity index is 3.27. The van der Waals surface area contributed by atoms with Gasteiger partial charge in [-0.05, 0) is 49.9 Å². The fourth-order valence-corrected chi connectivity index (χ4v) is 2.79. The third-order valence-electron chi connectivity index (χ3n) is 2.59. The van der Waals surface area contributed by atoms with Gasteiger partial charge in [0.1, 0.15) is 0 Å². The number of nitrogens with zero attached hydrogens (tertiary/aromatic N) is 1. The van der Waals surface area contributed by atoms with Crippen LogP contribution in [0.4, 0.5) is 0 Å². The Kier molecular flexibility index (Phi) is 4.09. The summed E-state index contributed by atoms with van der Waals surface area (Å²) >= 11 is 0. The highest BCUT2D eigenvalue weighted by Crippen LogP contribution is 2.17. The smallest absolute Gasteiger partial charge is 0.199 e. The third-order valence-corrected chi connectivity index (χ3v) is 3.95. The first kappa shape index (κ1) is 13.9. The molecule has 0 N–H and O–H groups in total. The van der Waals surface area contributed by atoms with E-state index < -0.39 is 10.0 Å². The van der Waals surface area contributed by atoms with E-state index >= 15 is 0 Å². The van der Waals surface area contributed by atoms with Gasteiger partial charge in [0.05, 0.1) is 4.90 Å². The molecule has 0 atom stereocenters. The van der Waals surface area contributed by atoms with Crippen LogP contribution in [0.1, 0.15) is 31.9 Å². The zero-order valence-electron chi connectivity index (χ0n) is 11.0. The molecule has 0 bridgehead atoms. The summed E-state index contributed by atoms with van der Waals surface area (Å²) in [4.78, 5) is 0.273. The zero-order chi connectivity index (χ0) is 13.2. The van der Waals surface area contributed by atoms with E-state index in [2.05, 4.69) is 4.40 Å². The van der Waals surface area contributed by atoms with E-state index in [0.717, 1.165) is 11.1 Å². The van der Waals surface area contributed by atoms with Crippen LogP contribution in [0.5, 0.6) is 0 Å². The molecule has 1 rings (SSSR count). The van der Waals surface area contributed by atoms with E-state index in [9.17, 15) is 8.42 Å². The van der Waals surface area contributed by atoms with Crippen molar-refractivity contribution in [1.29, 1.82) is 0 Å². The van der Waals surface area contributed by atoms with E-state index in [0.29, 0.717) is 5.71 Å². The monoisotopic (exact) mass is 253 g/mol. The second-order valence-electron chi connectivity index (χ2n) is 4.69. The van der Waals surface area contributed by atoms with Crippen molar-refractivity contribution in [3.8, 4) is 0 Å². The van der Waals surface area contributed by atoms with Crippen molar-refractivity contribution in [3.63, 3.8) is 0 Å². The highest BCUT2D eigenvalue weighted by molar-refractivity contribution is 7.90. The zero-order valence-corrected chi connectivity index (χ0v) is 11.8. The van der Waals surface area contributed by atoms with Gasteiger partial charge in [0, 0.05) is 5.71 Å². The summed E-state index contributed by atoms with van der Waals surface area (Å²) in [6, 6.07) is 5.25. The number of sulfonamides is 1. The molecule has 0 heterocycles. The van der Waals surface area contributed by atoms with E-state index in [4.69, 9.17) is 0 Å². The second-order valence-corrected chi connectivity index (χ2v) is 6.29. The Hall–Kier alpha value is -1.16. The lowest BCUT2D eigenvalue weighted by molar-refractivity contribution is 0.597. The highest BCUT2D eigenvalue weighted by Gasteiger charge is 2.14. The first-order valence-corrected chi connectivity index (χ1v) is 7.06. The van der Waals surface area contributed by atoms with Gasteiger partial charge in [0.2, 0.25) is 0 Å². The van der Waals surface area contributed by atoms with Gasteiger partial charge in [-0.3, -0.25) is 0 Å².